The Balaban J connectivity index is 1.94. The summed E-state index contributed by atoms with van der Waals surface area (Å²) in [5.41, 5.74) is 3.93. The smallest absolute Gasteiger partial charge is 0.270 e. The van der Waals surface area contributed by atoms with Crippen molar-refractivity contribution in [3.63, 3.8) is 0 Å². The Kier molecular flexibility index (Phi) is 4.87. The van der Waals surface area contributed by atoms with E-state index in [0.717, 1.165) is 23.9 Å². The van der Waals surface area contributed by atoms with Crippen molar-refractivity contribution < 1.29 is 13.2 Å². The molecule has 3 rings (SSSR count). The minimum Gasteiger partial charge on any atom is -0.453 e. The van der Waals surface area contributed by atoms with Crippen molar-refractivity contribution in [2.75, 3.05) is 0 Å². The van der Waals surface area contributed by atoms with Gasteiger partial charge in [-0.1, -0.05) is 42.5 Å². The summed E-state index contributed by atoms with van der Waals surface area (Å²) in [5.74, 6) is -1.64. The van der Waals surface area contributed by atoms with Crippen LogP contribution in [0.25, 0.3) is 28.4 Å². The van der Waals surface area contributed by atoms with Crippen LogP contribution in [0.4, 0.5) is 8.78 Å². The number of rotatable bonds is 5. The van der Waals surface area contributed by atoms with Crippen LogP contribution in [0.5, 0.6) is 0 Å². The van der Waals surface area contributed by atoms with E-state index < -0.39 is 5.92 Å². The van der Waals surface area contributed by atoms with Gasteiger partial charge in [-0.2, -0.15) is 0 Å². The first kappa shape index (κ1) is 18.8. The molecule has 2 heterocycles. The van der Waals surface area contributed by atoms with E-state index >= 15 is 0 Å². The van der Waals surface area contributed by atoms with Crippen molar-refractivity contribution in [1.29, 1.82) is 0 Å². The third-order valence-corrected chi connectivity index (χ3v) is 4.46. The summed E-state index contributed by atoms with van der Waals surface area (Å²) >= 11 is 0. The summed E-state index contributed by atoms with van der Waals surface area (Å²) in [6, 6.07) is 11.5. The van der Waals surface area contributed by atoms with Gasteiger partial charge in [-0.15, -0.1) is 0 Å². The molecule has 0 unspecified atom stereocenters. The van der Waals surface area contributed by atoms with Crippen LogP contribution in [-0.4, -0.2) is 15.9 Å². The molecule has 3 nitrogen and oxygen atoms in total. The summed E-state index contributed by atoms with van der Waals surface area (Å²) < 4.78 is 33.1. The number of H-pyrrole nitrogens is 1. The monoisotopic (exact) mass is 368 g/mol. The van der Waals surface area contributed by atoms with E-state index in [2.05, 4.69) is 16.5 Å². The normalized spacial score (nSPS) is 12.4. The topological polar surface area (TPSA) is 41.8 Å². The molecule has 0 saturated heterocycles. The number of hydrogen-bond donors (Lipinski definition) is 1. The molecule has 3 aromatic rings. The zero-order valence-corrected chi connectivity index (χ0v) is 15.9. The quantitative estimate of drug-likeness (QED) is 0.518. The fourth-order valence-corrected chi connectivity index (χ4v) is 2.88. The highest BCUT2D eigenvalue weighted by molar-refractivity contribution is 5.78. The molecular formula is C22H22F2N2O. The average molecular weight is 368 g/mol. The molecule has 0 atom stereocenters. The Hall–Kier alpha value is -2.95. The first-order valence-corrected chi connectivity index (χ1v) is 8.69. The maximum Gasteiger partial charge on any atom is 0.270 e. The van der Waals surface area contributed by atoms with Gasteiger partial charge in [-0.3, -0.25) is 0 Å². The summed E-state index contributed by atoms with van der Waals surface area (Å²) in [7, 11) is 0. The second-order valence-electron chi connectivity index (χ2n) is 6.66. The van der Waals surface area contributed by atoms with Crippen LogP contribution in [0, 0.1) is 13.8 Å². The van der Waals surface area contributed by atoms with Gasteiger partial charge in [-0.05, 0) is 32.9 Å². The Labute approximate surface area is 157 Å². The maximum atomic E-state index is 13.6. The van der Waals surface area contributed by atoms with E-state index in [1.165, 1.54) is 5.56 Å². The molecule has 0 spiro atoms. The lowest BCUT2D eigenvalue weighted by Crippen LogP contribution is -2.13. The van der Waals surface area contributed by atoms with Gasteiger partial charge in [0.25, 0.3) is 5.92 Å². The number of allylic oxidation sites excluding steroid dienone is 3. The number of aromatic nitrogens is 2. The summed E-state index contributed by atoms with van der Waals surface area (Å²) in [6.45, 7) is 9.99. The van der Waals surface area contributed by atoms with Crippen LogP contribution in [0.3, 0.4) is 0 Å². The third kappa shape index (κ3) is 3.77. The number of furan rings is 1. The first-order chi connectivity index (χ1) is 12.7. The molecule has 0 fully saturated rings. The predicted octanol–water partition coefficient (Wildman–Crippen LogP) is 6.57. The van der Waals surface area contributed by atoms with Crippen LogP contribution < -0.4 is 0 Å². The standard InChI is InChI=1S/C22H22F2N2O/c1-6-17(14(3)22(5,23)24)18-11-12-19(27-18)21-25-15(4)20(26-21)16-9-7-13(2)8-10-16/h6-12H,3H2,1-2,4-5H3,(H,25,26)/b17-6+. The number of aryl methyl sites for hydroxylation is 2. The number of nitrogens with zero attached hydrogens (tertiary/aromatic N) is 1. The van der Waals surface area contributed by atoms with Crippen molar-refractivity contribution in [2.45, 2.75) is 33.6 Å². The zero-order chi connectivity index (χ0) is 19.8. The second kappa shape index (κ2) is 6.99. The largest absolute Gasteiger partial charge is 0.453 e. The van der Waals surface area contributed by atoms with Crippen molar-refractivity contribution in [2.24, 2.45) is 0 Å². The van der Waals surface area contributed by atoms with Crippen molar-refractivity contribution in [1.82, 2.24) is 9.97 Å². The van der Waals surface area contributed by atoms with E-state index in [0.29, 0.717) is 17.3 Å². The van der Waals surface area contributed by atoms with Gasteiger partial charge in [0.05, 0.1) is 5.69 Å². The summed E-state index contributed by atoms with van der Waals surface area (Å²) in [5, 5.41) is 0. The molecular weight excluding hydrogens is 346 g/mol. The molecule has 0 bridgehead atoms. The van der Waals surface area contributed by atoms with Gasteiger partial charge >= 0.3 is 0 Å². The molecule has 0 radical (unpaired) electrons. The van der Waals surface area contributed by atoms with Crippen molar-refractivity contribution >= 4 is 5.57 Å². The zero-order valence-electron chi connectivity index (χ0n) is 15.9. The second-order valence-corrected chi connectivity index (χ2v) is 6.66. The van der Waals surface area contributed by atoms with Crippen LogP contribution in [0.1, 0.15) is 30.9 Å². The van der Waals surface area contributed by atoms with E-state index in [1.807, 2.05) is 38.1 Å². The van der Waals surface area contributed by atoms with Crippen LogP contribution >= 0.6 is 0 Å². The van der Waals surface area contributed by atoms with Gasteiger partial charge in [0.15, 0.2) is 11.6 Å². The van der Waals surface area contributed by atoms with Crippen LogP contribution in [0.2, 0.25) is 0 Å². The Bertz CT molecular complexity index is 1000. The van der Waals surface area contributed by atoms with Crippen LogP contribution in [-0.2, 0) is 0 Å². The number of imidazole rings is 1. The molecule has 140 valence electrons. The highest BCUT2D eigenvalue weighted by atomic mass is 19.3. The van der Waals surface area contributed by atoms with Gasteiger partial charge in [-0.25, -0.2) is 13.8 Å². The van der Waals surface area contributed by atoms with Crippen LogP contribution in [0.15, 0.2) is 59.0 Å². The van der Waals surface area contributed by atoms with E-state index in [1.54, 1.807) is 25.1 Å². The van der Waals surface area contributed by atoms with Gasteiger partial charge in [0, 0.05) is 29.3 Å². The van der Waals surface area contributed by atoms with Crippen molar-refractivity contribution in [3.8, 4) is 22.8 Å². The van der Waals surface area contributed by atoms with E-state index in [4.69, 9.17) is 4.42 Å². The molecule has 5 heteroatoms. The fourth-order valence-electron chi connectivity index (χ4n) is 2.88. The minimum atomic E-state index is -3.02. The lowest BCUT2D eigenvalue weighted by Gasteiger charge is -2.15. The third-order valence-electron chi connectivity index (χ3n) is 4.46. The minimum absolute atomic E-state index is 0.276. The molecule has 27 heavy (non-hydrogen) atoms. The highest BCUT2D eigenvalue weighted by Crippen LogP contribution is 2.36. The Morgan fingerprint density at radius 1 is 1.15 bits per heavy atom. The average Bonchev–Trinajstić information content (AvgIpc) is 3.22. The lowest BCUT2D eigenvalue weighted by atomic mass is 10.0. The number of hydrogen-bond acceptors (Lipinski definition) is 2. The number of aromatic amines is 1. The summed E-state index contributed by atoms with van der Waals surface area (Å²) in [6.07, 6.45) is 1.58. The number of halogens is 2. The molecule has 0 aliphatic heterocycles. The number of nitrogens with one attached hydrogen (secondary N) is 1. The van der Waals surface area contributed by atoms with E-state index in [9.17, 15) is 8.78 Å². The van der Waals surface area contributed by atoms with Gasteiger partial charge in [0.2, 0.25) is 0 Å². The summed E-state index contributed by atoms with van der Waals surface area (Å²) in [4.78, 5) is 7.84. The molecule has 1 N–H and O–H groups in total. The molecule has 2 aromatic heterocycles. The van der Waals surface area contributed by atoms with Gasteiger partial charge in [0.1, 0.15) is 5.76 Å². The molecule has 0 saturated carbocycles. The first-order valence-electron chi connectivity index (χ1n) is 8.69. The molecule has 0 aliphatic carbocycles. The SMILES string of the molecule is C=C(/C(=C\C)c1ccc(-c2nc(-c3ccc(C)cc3)c(C)[nH]2)o1)C(C)(F)F. The number of benzene rings is 1. The molecule has 0 amide bonds. The highest BCUT2D eigenvalue weighted by Gasteiger charge is 2.30. The fraction of sp³-hybridized carbons (Fsp3) is 0.227. The maximum absolute atomic E-state index is 13.6. The number of alkyl halides is 2. The Morgan fingerprint density at radius 3 is 2.41 bits per heavy atom. The van der Waals surface area contributed by atoms with Gasteiger partial charge < -0.3 is 9.40 Å². The predicted molar refractivity (Wildman–Crippen MR) is 105 cm³/mol. The van der Waals surface area contributed by atoms with E-state index in [-0.39, 0.29) is 11.1 Å². The Morgan fingerprint density at radius 2 is 1.81 bits per heavy atom. The molecule has 1 aromatic carbocycles. The molecule has 0 aliphatic rings. The lowest BCUT2D eigenvalue weighted by molar-refractivity contribution is 0.0691. The van der Waals surface area contributed by atoms with Crippen molar-refractivity contribution in [3.05, 3.63) is 71.6 Å².